The number of methoxy groups -OCH3 is 1. The third-order valence-electron chi connectivity index (χ3n) is 3.31. The zero-order chi connectivity index (χ0) is 14.8. The molecule has 0 aliphatic carbocycles. The minimum absolute atomic E-state index is 0.0894. The van der Waals surface area contributed by atoms with Crippen LogP contribution < -0.4 is 10.5 Å². The predicted octanol–water partition coefficient (Wildman–Crippen LogP) is 2.43. The van der Waals surface area contributed by atoms with Gasteiger partial charge in [0.15, 0.2) is 0 Å². The maximum absolute atomic E-state index is 11.3. The van der Waals surface area contributed by atoms with Gasteiger partial charge in [-0.15, -0.1) is 0 Å². The van der Waals surface area contributed by atoms with Crippen LogP contribution in [0.3, 0.4) is 0 Å². The van der Waals surface area contributed by atoms with Crippen LogP contribution >= 0.6 is 0 Å². The SMILES string of the molecule is COc1cc(C)c(C(CN)C(=O)O)cc1C(C)(C)C. The lowest BCUT2D eigenvalue weighted by atomic mass is 9.82. The number of aryl methyl sites for hydroxylation is 1. The van der Waals surface area contributed by atoms with Crippen molar-refractivity contribution < 1.29 is 14.6 Å². The molecule has 1 aromatic rings. The Bertz CT molecular complexity index is 475. The molecule has 4 heteroatoms. The number of carboxylic acids is 1. The molecule has 0 heterocycles. The fraction of sp³-hybridized carbons (Fsp3) is 0.533. The van der Waals surface area contributed by atoms with Gasteiger partial charge in [0.05, 0.1) is 13.0 Å². The van der Waals surface area contributed by atoms with Crippen molar-refractivity contribution in [1.82, 2.24) is 0 Å². The fourth-order valence-electron chi connectivity index (χ4n) is 2.19. The average Bonchev–Trinajstić information content (AvgIpc) is 2.29. The Morgan fingerprint density at radius 1 is 1.42 bits per heavy atom. The Hall–Kier alpha value is -1.55. The average molecular weight is 265 g/mol. The second kappa shape index (κ2) is 5.61. The van der Waals surface area contributed by atoms with Crippen LogP contribution in [-0.2, 0) is 10.2 Å². The van der Waals surface area contributed by atoms with Gasteiger partial charge < -0.3 is 15.6 Å². The van der Waals surface area contributed by atoms with Crippen molar-refractivity contribution in [3.8, 4) is 5.75 Å². The van der Waals surface area contributed by atoms with Crippen molar-refractivity contribution in [3.05, 3.63) is 28.8 Å². The Labute approximate surface area is 114 Å². The first-order valence-electron chi connectivity index (χ1n) is 6.34. The number of ether oxygens (including phenoxy) is 1. The second-order valence-corrected chi connectivity index (χ2v) is 5.79. The molecule has 106 valence electrons. The summed E-state index contributed by atoms with van der Waals surface area (Å²) in [6.45, 7) is 8.19. The number of hydrogen-bond donors (Lipinski definition) is 2. The van der Waals surface area contributed by atoms with Crippen molar-refractivity contribution in [2.24, 2.45) is 5.73 Å². The van der Waals surface area contributed by atoms with Gasteiger partial charge in [0, 0.05) is 6.54 Å². The molecule has 0 saturated carbocycles. The fourth-order valence-corrected chi connectivity index (χ4v) is 2.19. The van der Waals surface area contributed by atoms with E-state index in [2.05, 4.69) is 20.8 Å². The largest absolute Gasteiger partial charge is 0.496 e. The van der Waals surface area contributed by atoms with Gasteiger partial charge in [0.25, 0.3) is 0 Å². The van der Waals surface area contributed by atoms with Crippen LogP contribution in [0.4, 0.5) is 0 Å². The van der Waals surface area contributed by atoms with Gasteiger partial charge in [-0.05, 0) is 35.1 Å². The van der Waals surface area contributed by atoms with Gasteiger partial charge in [-0.25, -0.2) is 0 Å². The molecule has 1 unspecified atom stereocenters. The normalized spacial score (nSPS) is 13.2. The third kappa shape index (κ3) is 3.26. The quantitative estimate of drug-likeness (QED) is 0.877. The minimum Gasteiger partial charge on any atom is -0.496 e. The smallest absolute Gasteiger partial charge is 0.312 e. The highest BCUT2D eigenvalue weighted by Crippen LogP contribution is 2.35. The lowest BCUT2D eigenvalue weighted by molar-refractivity contribution is -0.138. The first kappa shape index (κ1) is 15.5. The van der Waals surface area contributed by atoms with E-state index in [9.17, 15) is 9.90 Å². The highest BCUT2D eigenvalue weighted by molar-refractivity contribution is 5.77. The lowest BCUT2D eigenvalue weighted by Crippen LogP contribution is -2.23. The molecule has 0 spiro atoms. The molecule has 0 radical (unpaired) electrons. The van der Waals surface area contributed by atoms with Crippen LogP contribution in [0.5, 0.6) is 5.75 Å². The van der Waals surface area contributed by atoms with Gasteiger partial charge in [0.1, 0.15) is 5.75 Å². The van der Waals surface area contributed by atoms with Crippen LogP contribution in [-0.4, -0.2) is 24.7 Å². The second-order valence-electron chi connectivity index (χ2n) is 5.79. The first-order valence-corrected chi connectivity index (χ1v) is 6.34. The summed E-state index contributed by atoms with van der Waals surface area (Å²) in [5, 5.41) is 9.26. The molecule has 0 aliphatic heterocycles. The maximum atomic E-state index is 11.3. The van der Waals surface area contributed by atoms with Crippen molar-refractivity contribution >= 4 is 5.97 Å². The van der Waals surface area contributed by atoms with Gasteiger partial charge >= 0.3 is 5.97 Å². The van der Waals surface area contributed by atoms with Gasteiger partial charge in [-0.2, -0.15) is 0 Å². The number of benzene rings is 1. The third-order valence-corrected chi connectivity index (χ3v) is 3.31. The van der Waals surface area contributed by atoms with Crippen LogP contribution in [0.1, 0.15) is 43.4 Å². The van der Waals surface area contributed by atoms with Crippen molar-refractivity contribution in [2.45, 2.75) is 39.0 Å². The first-order chi connectivity index (χ1) is 8.72. The molecule has 0 aromatic heterocycles. The number of hydrogen-bond acceptors (Lipinski definition) is 3. The van der Waals surface area contributed by atoms with E-state index >= 15 is 0 Å². The highest BCUT2D eigenvalue weighted by atomic mass is 16.5. The molecular formula is C15H23NO3. The maximum Gasteiger partial charge on any atom is 0.312 e. The zero-order valence-corrected chi connectivity index (χ0v) is 12.3. The number of aliphatic carboxylic acids is 1. The minimum atomic E-state index is -0.893. The van der Waals surface area contributed by atoms with Crippen LogP contribution in [0, 0.1) is 6.92 Å². The topological polar surface area (TPSA) is 72.5 Å². The molecule has 0 fully saturated rings. The summed E-state index contributed by atoms with van der Waals surface area (Å²) in [5.74, 6) is -0.780. The van der Waals surface area contributed by atoms with E-state index < -0.39 is 11.9 Å². The Morgan fingerprint density at radius 2 is 2.00 bits per heavy atom. The summed E-state index contributed by atoms with van der Waals surface area (Å²) in [6.07, 6.45) is 0. The molecule has 0 saturated heterocycles. The highest BCUT2D eigenvalue weighted by Gasteiger charge is 2.25. The van der Waals surface area contributed by atoms with E-state index in [-0.39, 0.29) is 12.0 Å². The summed E-state index contributed by atoms with van der Waals surface area (Å²) in [7, 11) is 1.63. The molecule has 0 aliphatic rings. The summed E-state index contributed by atoms with van der Waals surface area (Å²) in [4.78, 5) is 11.3. The summed E-state index contributed by atoms with van der Waals surface area (Å²) in [6, 6.07) is 3.81. The summed E-state index contributed by atoms with van der Waals surface area (Å²) < 4.78 is 5.40. The Kier molecular flexibility index (Phi) is 4.58. The molecule has 4 nitrogen and oxygen atoms in total. The zero-order valence-electron chi connectivity index (χ0n) is 12.3. The molecule has 0 bridgehead atoms. The van der Waals surface area contributed by atoms with Crippen LogP contribution in [0.2, 0.25) is 0 Å². The van der Waals surface area contributed by atoms with Gasteiger partial charge in [-0.3, -0.25) is 4.79 Å². The Morgan fingerprint density at radius 3 is 2.37 bits per heavy atom. The standard InChI is InChI=1S/C15H23NO3/c1-9-6-13(19-5)12(15(2,3)4)7-10(9)11(8-16)14(17)18/h6-7,11H,8,16H2,1-5H3,(H,17,18). The van der Waals surface area contributed by atoms with Gasteiger partial charge in [0.2, 0.25) is 0 Å². The molecular weight excluding hydrogens is 242 g/mol. The van der Waals surface area contributed by atoms with Crippen LogP contribution in [0.25, 0.3) is 0 Å². The van der Waals surface area contributed by atoms with E-state index in [0.29, 0.717) is 0 Å². The number of carbonyl (C=O) groups is 1. The van der Waals surface area contributed by atoms with Crippen molar-refractivity contribution in [3.63, 3.8) is 0 Å². The molecule has 1 rings (SSSR count). The van der Waals surface area contributed by atoms with E-state index in [4.69, 9.17) is 10.5 Å². The van der Waals surface area contributed by atoms with E-state index in [1.807, 2.05) is 19.1 Å². The summed E-state index contributed by atoms with van der Waals surface area (Å²) in [5.41, 5.74) is 8.12. The van der Waals surface area contributed by atoms with Gasteiger partial charge in [-0.1, -0.05) is 26.8 Å². The van der Waals surface area contributed by atoms with E-state index in [0.717, 1.165) is 22.4 Å². The Balaban J connectivity index is 3.47. The molecule has 1 aromatic carbocycles. The number of nitrogens with two attached hydrogens (primary N) is 1. The number of carboxylic acid groups (broad SMARTS) is 1. The van der Waals surface area contributed by atoms with Crippen molar-refractivity contribution in [1.29, 1.82) is 0 Å². The van der Waals surface area contributed by atoms with E-state index in [1.54, 1.807) is 7.11 Å². The molecule has 1 atom stereocenters. The molecule has 3 N–H and O–H groups in total. The van der Waals surface area contributed by atoms with E-state index in [1.165, 1.54) is 0 Å². The predicted molar refractivity (Wildman–Crippen MR) is 75.9 cm³/mol. The molecule has 19 heavy (non-hydrogen) atoms. The summed E-state index contributed by atoms with van der Waals surface area (Å²) >= 11 is 0. The monoisotopic (exact) mass is 265 g/mol. The molecule has 0 amide bonds. The number of rotatable bonds is 4. The van der Waals surface area contributed by atoms with Crippen LogP contribution in [0.15, 0.2) is 12.1 Å². The lowest BCUT2D eigenvalue weighted by Gasteiger charge is -2.25. The van der Waals surface area contributed by atoms with Crippen molar-refractivity contribution in [2.75, 3.05) is 13.7 Å².